The zero-order chi connectivity index (χ0) is 12.4. The van der Waals surface area contributed by atoms with E-state index in [1.54, 1.807) is 11.8 Å². The first-order valence-corrected chi connectivity index (χ1v) is 7.26. The van der Waals surface area contributed by atoms with Crippen molar-refractivity contribution in [3.63, 3.8) is 0 Å². The van der Waals surface area contributed by atoms with Crippen molar-refractivity contribution in [2.24, 2.45) is 5.41 Å². The molecule has 0 aromatic heterocycles. The third kappa shape index (κ3) is 2.20. The number of rotatable bonds is 2. The third-order valence-electron chi connectivity index (χ3n) is 3.93. The van der Waals surface area contributed by atoms with Crippen LogP contribution in [0.15, 0.2) is 0 Å². The van der Waals surface area contributed by atoms with E-state index in [2.05, 4.69) is 0 Å². The molecule has 2 unspecified atom stereocenters. The number of ether oxygens (including phenoxy) is 2. The van der Waals surface area contributed by atoms with Crippen molar-refractivity contribution in [1.82, 2.24) is 0 Å². The lowest BCUT2D eigenvalue weighted by Gasteiger charge is -2.48. The summed E-state index contributed by atoms with van der Waals surface area (Å²) in [7, 11) is 1.39. The molecule has 0 aliphatic carbocycles. The number of thioether (sulfide) groups is 1. The summed E-state index contributed by atoms with van der Waals surface area (Å²) in [5.41, 5.74) is -1.82. The fourth-order valence-electron chi connectivity index (χ4n) is 2.87. The van der Waals surface area contributed by atoms with Gasteiger partial charge in [-0.25, -0.2) is 0 Å². The van der Waals surface area contributed by atoms with E-state index in [1.807, 2.05) is 0 Å². The van der Waals surface area contributed by atoms with Gasteiger partial charge in [0.15, 0.2) is 0 Å². The summed E-state index contributed by atoms with van der Waals surface area (Å²) in [5.74, 6) is 1.34. The molecule has 98 valence electrons. The topological polar surface area (TPSA) is 55.8 Å². The number of hydrogen-bond donors (Lipinski definition) is 1. The summed E-state index contributed by atoms with van der Waals surface area (Å²) in [6.07, 6.45) is 3.08. The van der Waals surface area contributed by atoms with Crippen LogP contribution in [0.25, 0.3) is 0 Å². The van der Waals surface area contributed by atoms with E-state index in [9.17, 15) is 9.90 Å². The van der Waals surface area contributed by atoms with Gasteiger partial charge in [0.1, 0.15) is 5.41 Å². The minimum atomic E-state index is -0.969. The molecule has 5 heteroatoms. The van der Waals surface area contributed by atoms with Gasteiger partial charge < -0.3 is 14.6 Å². The van der Waals surface area contributed by atoms with Crippen LogP contribution in [0, 0.1) is 5.41 Å². The molecule has 0 amide bonds. The molecular formula is C12H20O4S. The molecular weight excluding hydrogens is 240 g/mol. The summed E-state index contributed by atoms with van der Waals surface area (Å²) >= 11 is 1.71. The van der Waals surface area contributed by atoms with Crippen LogP contribution in [-0.4, -0.2) is 48.5 Å². The molecule has 1 N–H and O–H groups in total. The van der Waals surface area contributed by atoms with Gasteiger partial charge in [-0.15, -0.1) is 0 Å². The Morgan fingerprint density at radius 3 is 2.76 bits per heavy atom. The van der Waals surface area contributed by atoms with E-state index >= 15 is 0 Å². The summed E-state index contributed by atoms with van der Waals surface area (Å²) in [6, 6.07) is 0. The standard InChI is InChI=1S/C12H20O4S/c1-15-10(13)11(4-2-6-16-8-11)12(14)5-3-7-17-9-12/h14H,2-9H2,1H3. The maximum Gasteiger partial charge on any atom is 0.317 e. The van der Waals surface area contributed by atoms with E-state index in [1.165, 1.54) is 7.11 Å². The highest BCUT2D eigenvalue weighted by atomic mass is 32.2. The summed E-state index contributed by atoms with van der Waals surface area (Å²) < 4.78 is 10.4. The van der Waals surface area contributed by atoms with Crippen molar-refractivity contribution < 1.29 is 19.4 Å². The lowest BCUT2D eigenvalue weighted by atomic mass is 9.67. The molecule has 4 nitrogen and oxygen atoms in total. The smallest absolute Gasteiger partial charge is 0.317 e. The number of carbonyl (C=O) groups excluding carboxylic acids is 1. The first-order chi connectivity index (χ1) is 8.15. The largest absolute Gasteiger partial charge is 0.468 e. The Balaban J connectivity index is 2.27. The molecule has 0 saturated carbocycles. The molecule has 2 atom stereocenters. The van der Waals surface area contributed by atoms with Gasteiger partial charge in [-0.1, -0.05) is 0 Å². The maximum absolute atomic E-state index is 12.1. The van der Waals surface area contributed by atoms with Gasteiger partial charge in [0.25, 0.3) is 0 Å². The Morgan fingerprint density at radius 1 is 1.41 bits per heavy atom. The highest BCUT2D eigenvalue weighted by molar-refractivity contribution is 7.99. The lowest BCUT2D eigenvalue weighted by molar-refractivity contribution is -0.190. The van der Waals surface area contributed by atoms with Crippen molar-refractivity contribution in [2.45, 2.75) is 31.3 Å². The molecule has 17 heavy (non-hydrogen) atoms. The van der Waals surface area contributed by atoms with Crippen molar-refractivity contribution in [3.05, 3.63) is 0 Å². The number of esters is 1. The van der Waals surface area contributed by atoms with Crippen LogP contribution in [0.3, 0.4) is 0 Å². The molecule has 0 radical (unpaired) electrons. The van der Waals surface area contributed by atoms with Crippen LogP contribution in [0.2, 0.25) is 0 Å². The SMILES string of the molecule is COC(=O)C1(C2(O)CCCSC2)CCCOC1. The van der Waals surface area contributed by atoms with Gasteiger partial charge in [0.2, 0.25) is 0 Å². The van der Waals surface area contributed by atoms with Crippen molar-refractivity contribution in [3.8, 4) is 0 Å². The lowest BCUT2D eigenvalue weighted by Crippen LogP contribution is -2.60. The van der Waals surface area contributed by atoms with Crippen molar-refractivity contribution in [2.75, 3.05) is 31.8 Å². The minimum absolute atomic E-state index is 0.288. The molecule has 0 aromatic carbocycles. The second-order valence-electron chi connectivity index (χ2n) is 4.92. The maximum atomic E-state index is 12.1. The molecule has 2 fully saturated rings. The molecule has 2 rings (SSSR count). The molecule has 2 saturated heterocycles. The third-order valence-corrected chi connectivity index (χ3v) is 5.19. The van der Waals surface area contributed by atoms with E-state index in [-0.39, 0.29) is 12.6 Å². The Kier molecular flexibility index (Phi) is 4.00. The fourth-order valence-corrected chi connectivity index (χ4v) is 4.12. The second-order valence-corrected chi connectivity index (χ2v) is 6.02. The first-order valence-electron chi connectivity index (χ1n) is 6.11. The van der Waals surface area contributed by atoms with Gasteiger partial charge in [-0.2, -0.15) is 11.8 Å². The molecule has 0 aromatic rings. The van der Waals surface area contributed by atoms with Crippen LogP contribution >= 0.6 is 11.8 Å². The monoisotopic (exact) mass is 260 g/mol. The average Bonchev–Trinajstić information content (AvgIpc) is 2.39. The van der Waals surface area contributed by atoms with Gasteiger partial charge in [0, 0.05) is 12.4 Å². The molecule has 0 spiro atoms. The van der Waals surface area contributed by atoms with Crippen LogP contribution in [0.4, 0.5) is 0 Å². The normalized spacial score (nSPS) is 38.7. The quantitative estimate of drug-likeness (QED) is 0.756. The summed E-state index contributed by atoms with van der Waals surface area (Å²) in [6.45, 7) is 0.957. The predicted molar refractivity (Wildman–Crippen MR) is 66.0 cm³/mol. The van der Waals surface area contributed by atoms with Gasteiger partial charge in [0.05, 0.1) is 19.3 Å². The number of methoxy groups -OCH3 is 1. The number of aliphatic hydroxyl groups is 1. The first kappa shape index (κ1) is 13.2. The predicted octanol–water partition coefficient (Wildman–Crippen LogP) is 1.21. The van der Waals surface area contributed by atoms with Gasteiger partial charge in [-0.05, 0) is 31.4 Å². The van der Waals surface area contributed by atoms with E-state index in [4.69, 9.17) is 9.47 Å². The summed E-state index contributed by atoms with van der Waals surface area (Å²) in [4.78, 5) is 12.1. The Labute approximate surface area is 106 Å². The van der Waals surface area contributed by atoms with Crippen molar-refractivity contribution in [1.29, 1.82) is 0 Å². The Morgan fingerprint density at radius 2 is 2.24 bits per heavy atom. The number of carbonyl (C=O) groups is 1. The molecule has 2 aliphatic rings. The van der Waals surface area contributed by atoms with E-state index in [0.29, 0.717) is 25.2 Å². The van der Waals surface area contributed by atoms with Gasteiger partial charge >= 0.3 is 5.97 Å². The van der Waals surface area contributed by atoms with Crippen LogP contribution < -0.4 is 0 Å². The van der Waals surface area contributed by atoms with Crippen LogP contribution in [0.5, 0.6) is 0 Å². The highest BCUT2D eigenvalue weighted by Gasteiger charge is 2.57. The van der Waals surface area contributed by atoms with Crippen LogP contribution in [0.1, 0.15) is 25.7 Å². The Bertz CT molecular complexity index is 280. The average molecular weight is 260 g/mol. The molecule has 2 heterocycles. The Hall–Kier alpha value is -0.260. The summed E-state index contributed by atoms with van der Waals surface area (Å²) in [5, 5.41) is 10.8. The van der Waals surface area contributed by atoms with Crippen LogP contribution in [-0.2, 0) is 14.3 Å². The van der Waals surface area contributed by atoms with Gasteiger partial charge in [-0.3, -0.25) is 4.79 Å². The number of hydrogen-bond acceptors (Lipinski definition) is 5. The van der Waals surface area contributed by atoms with Crippen molar-refractivity contribution >= 4 is 17.7 Å². The second kappa shape index (κ2) is 5.16. The zero-order valence-electron chi connectivity index (χ0n) is 10.2. The van der Waals surface area contributed by atoms with E-state index in [0.717, 1.165) is 18.6 Å². The zero-order valence-corrected chi connectivity index (χ0v) is 11.1. The fraction of sp³-hybridized carbons (Fsp3) is 0.917. The van der Waals surface area contributed by atoms with E-state index < -0.39 is 11.0 Å². The highest BCUT2D eigenvalue weighted by Crippen LogP contribution is 2.46. The molecule has 2 aliphatic heterocycles. The minimum Gasteiger partial charge on any atom is -0.468 e. The molecule has 0 bridgehead atoms.